The molecule has 0 radical (unpaired) electrons. The number of carbonyl (C=O) groups is 1. The maximum atomic E-state index is 12.3. The maximum absolute atomic E-state index is 12.3. The molecule has 1 atom stereocenters. The largest absolute Gasteiger partial charge is 0.467 e. The van der Waals surface area contributed by atoms with Gasteiger partial charge in [0.25, 0.3) is 5.91 Å². The molecule has 1 unspecified atom stereocenters. The van der Waals surface area contributed by atoms with Crippen LogP contribution in [0.25, 0.3) is 0 Å². The molecule has 0 aromatic carbocycles. The summed E-state index contributed by atoms with van der Waals surface area (Å²) in [5.41, 5.74) is 0. The van der Waals surface area contributed by atoms with E-state index < -0.39 is 0 Å². The van der Waals surface area contributed by atoms with Gasteiger partial charge in [-0.15, -0.1) is 11.3 Å². The van der Waals surface area contributed by atoms with Gasteiger partial charge in [0.05, 0.1) is 17.2 Å². The van der Waals surface area contributed by atoms with E-state index in [1.54, 1.807) is 6.26 Å². The SMILES string of the molecule is O=C(c1cccs1)N1CCCC1c1ccco1. The predicted octanol–water partition coefficient (Wildman–Crippen LogP) is 3.32. The summed E-state index contributed by atoms with van der Waals surface area (Å²) in [6, 6.07) is 7.73. The van der Waals surface area contributed by atoms with Gasteiger partial charge in [-0.1, -0.05) is 6.07 Å². The normalized spacial score (nSPS) is 19.8. The van der Waals surface area contributed by atoms with Crippen molar-refractivity contribution in [3.05, 3.63) is 46.5 Å². The zero-order valence-electron chi connectivity index (χ0n) is 9.33. The molecule has 0 aliphatic carbocycles. The van der Waals surface area contributed by atoms with Crippen molar-refractivity contribution in [1.82, 2.24) is 4.90 Å². The fourth-order valence-electron chi connectivity index (χ4n) is 2.33. The zero-order valence-corrected chi connectivity index (χ0v) is 10.2. The number of rotatable bonds is 2. The summed E-state index contributed by atoms with van der Waals surface area (Å²) in [5.74, 6) is 1.02. The van der Waals surface area contributed by atoms with Crippen molar-refractivity contribution in [2.45, 2.75) is 18.9 Å². The Morgan fingerprint density at radius 2 is 2.35 bits per heavy atom. The molecule has 0 saturated carbocycles. The van der Waals surface area contributed by atoms with E-state index in [0.717, 1.165) is 30.0 Å². The van der Waals surface area contributed by atoms with E-state index in [2.05, 4.69) is 0 Å². The van der Waals surface area contributed by atoms with Crippen LogP contribution < -0.4 is 0 Å². The monoisotopic (exact) mass is 247 g/mol. The number of carbonyl (C=O) groups excluding carboxylic acids is 1. The third-order valence-corrected chi connectivity index (χ3v) is 3.98. The minimum Gasteiger partial charge on any atom is -0.467 e. The molecule has 1 fully saturated rings. The van der Waals surface area contributed by atoms with E-state index in [1.807, 2.05) is 34.5 Å². The average Bonchev–Trinajstić information content (AvgIpc) is 3.09. The van der Waals surface area contributed by atoms with Gasteiger partial charge in [-0.3, -0.25) is 4.79 Å². The van der Waals surface area contributed by atoms with Crippen molar-refractivity contribution in [2.75, 3.05) is 6.54 Å². The van der Waals surface area contributed by atoms with Gasteiger partial charge in [0.1, 0.15) is 5.76 Å². The van der Waals surface area contributed by atoms with E-state index >= 15 is 0 Å². The fraction of sp³-hybridized carbons (Fsp3) is 0.308. The molecule has 88 valence electrons. The number of hydrogen-bond acceptors (Lipinski definition) is 3. The molecular weight excluding hydrogens is 234 g/mol. The van der Waals surface area contributed by atoms with Crippen LogP contribution in [0.1, 0.15) is 34.3 Å². The van der Waals surface area contributed by atoms with Gasteiger partial charge in [-0.05, 0) is 36.4 Å². The van der Waals surface area contributed by atoms with Crippen molar-refractivity contribution < 1.29 is 9.21 Å². The Labute approximate surface area is 104 Å². The number of amides is 1. The number of hydrogen-bond donors (Lipinski definition) is 0. The molecule has 3 nitrogen and oxygen atoms in total. The first-order valence-corrected chi connectivity index (χ1v) is 6.62. The Balaban J connectivity index is 1.85. The standard InChI is InChI=1S/C13H13NO2S/c15-13(12-6-3-9-17-12)14-7-1-4-10(14)11-5-2-8-16-11/h2-3,5-6,8-10H,1,4,7H2. The van der Waals surface area contributed by atoms with Crippen molar-refractivity contribution in [3.8, 4) is 0 Å². The first-order chi connectivity index (χ1) is 8.36. The molecule has 1 aliphatic heterocycles. The van der Waals surface area contributed by atoms with Gasteiger partial charge in [0.15, 0.2) is 0 Å². The lowest BCUT2D eigenvalue weighted by molar-refractivity contribution is 0.0725. The summed E-state index contributed by atoms with van der Waals surface area (Å²) in [6.45, 7) is 0.822. The molecule has 1 aliphatic rings. The minimum absolute atomic E-state index is 0.111. The third-order valence-electron chi connectivity index (χ3n) is 3.12. The van der Waals surface area contributed by atoms with E-state index in [9.17, 15) is 4.79 Å². The van der Waals surface area contributed by atoms with Gasteiger partial charge < -0.3 is 9.32 Å². The van der Waals surface area contributed by atoms with Crippen LogP contribution in [0.4, 0.5) is 0 Å². The third kappa shape index (κ3) is 1.89. The number of thiophene rings is 1. The molecule has 3 rings (SSSR count). The highest BCUT2D eigenvalue weighted by atomic mass is 32.1. The van der Waals surface area contributed by atoms with Crippen LogP contribution in [0.3, 0.4) is 0 Å². The number of nitrogens with zero attached hydrogens (tertiary/aromatic N) is 1. The van der Waals surface area contributed by atoms with Crippen LogP contribution >= 0.6 is 11.3 Å². The van der Waals surface area contributed by atoms with Gasteiger partial charge in [-0.25, -0.2) is 0 Å². The first-order valence-electron chi connectivity index (χ1n) is 5.74. The molecule has 2 aromatic heterocycles. The highest BCUT2D eigenvalue weighted by Gasteiger charge is 2.32. The summed E-state index contributed by atoms with van der Waals surface area (Å²) in [5, 5.41) is 1.94. The van der Waals surface area contributed by atoms with Crippen LogP contribution in [-0.2, 0) is 0 Å². The highest BCUT2D eigenvalue weighted by molar-refractivity contribution is 7.12. The van der Waals surface area contributed by atoms with Crippen LogP contribution in [0.2, 0.25) is 0 Å². The molecule has 0 N–H and O–H groups in total. The fourth-order valence-corrected chi connectivity index (χ4v) is 3.01. The smallest absolute Gasteiger partial charge is 0.264 e. The first kappa shape index (κ1) is 10.6. The summed E-state index contributed by atoms with van der Waals surface area (Å²) >= 11 is 1.50. The second-order valence-electron chi connectivity index (χ2n) is 4.15. The molecule has 2 aromatic rings. The summed E-state index contributed by atoms with van der Waals surface area (Å²) in [4.78, 5) is 15.0. The summed E-state index contributed by atoms with van der Waals surface area (Å²) < 4.78 is 5.42. The second kappa shape index (κ2) is 4.37. The number of furan rings is 1. The minimum atomic E-state index is 0.111. The van der Waals surface area contributed by atoms with E-state index in [1.165, 1.54) is 11.3 Å². The van der Waals surface area contributed by atoms with Crippen molar-refractivity contribution in [2.24, 2.45) is 0 Å². The Hall–Kier alpha value is -1.55. The van der Waals surface area contributed by atoms with Gasteiger partial charge >= 0.3 is 0 Å². The van der Waals surface area contributed by atoms with Gasteiger partial charge in [0.2, 0.25) is 0 Å². The van der Waals surface area contributed by atoms with Crippen LogP contribution in [0, 0.1) is 0 Å². The van der Waals surface area contributed by atoms with E-state index in [-0.39, 0.29) is 11.9 Å². The Morgan fingerprint density at radius 1 is 1.41 bits per heavy atom. The second-order valence-corrected chi connectivity index (χ2v) is 5.10. The molecule has 0 bridgehead atoms. The highest BCUT2D eigenvalue weighted by Crippen LogP contribution is 2.33. The topological polar surface area (TPSA) is 33.5 Å². The van der Waals surface area contributed by atoms with Crippen LogP contribution in [-0.4, -0.2) is 17.4 Å². The maximum Gasteiger partial charge on any atom is 0.264 e. The summed E-state index contributed by atoms with van der Waals surface area (Å²) in [6.07, 6.45) is 3.70. The van der Waals surface area contributed by atoms with E-state index in [0.29, 0.717) is 0 Å². The quantitative estimate of drug-likeness (QED) is 0.815. The zero-order chi connectivity index (χ0) is 11.7. The Morgan fingerprint density at radius 3 is 3.06 bits per heavy atom. The lowest BCUT2D eigenvalue weighted by Crippen LogP contribution is -2.29. The lowest BCUT2D eigenvalue weighted by Gasteiger charge is -2.22. The average molecular weight is 247 g/mol. The van der Waals surface area contributed by atoms with Crippen molar-refractivity contribution in [3.63, 3.8) is 0 Å². The molecule has 1 saturated heterocycles. The molecular formula is C13H13NO2S. The van der Waals surface area contributed by atoms with Crippen molar-refractivity contribution in [1.29, 1.82) is 0 Å². The Kier molecular flexibility index (Phi) is 2.73. The van der Waals surface area contributed by atoms with Crippen LogP contribution in [0.5, 0.6) is 0 Å². The van der Waals surface area contributed by atoms with Gasteiger partial charge in [0, 0.05) is 6.54 Å². The molecule has 3 heterocycles. The Bertz CT molecular complexity index is 489. The van der Waals surface area contributed by atoms with Crippen molar-refractivity contribution >= 4 is 17.2 Å². The van der Waals surface area contributed by atoms with E-state index in [4.69, 9.17) is 4.42 Å². The molecule has 17 heavy (non-hydrogen) atoms. The lowest BCUT2D eigenvalue weighted by atomic mass is 10.1. The predicted molar refractivity (Wildman–Crippen MR) is 66.0 cm³/mol. The summed E-state index contributed by atoms with van der Waals surface area (Å²) in [7, 11) is 0. The van der Waals surface area contributed by atoms with Gasteiger partial charge in [-0.2, -0.15) is 0 Å². The van der Waals surface area contributed by atoms with Crippen LogP contribution in [0.15, 0.2) is 40.3 Å². The molecule has 0 spiro atoms. The molecule has 4 heteroatoms. The number of likely N-dealkylation sites (tertiary alicyclic amines) is 1. The molecule has 1 amide bonds.